The Bertz CT molecular complexity index is 770. The molecule has 0 aliphatic carbocycles. The van der Waals surface area contributed by atoms with E-state index in [0.29, 0.717) is 12.0 Å². The zero-order chi connectivity index (χ0) is 15.6. The van der Waals surface area contributed by atoms with Gasteiger partial charge in [-0.2, -0.15) is 0 Å². The van der Waals surface area contributed by atoms with Gasteiger partial charge in [-0.15, -0.1) is 0 Å². The third-order valence-corrected chi connectivity index (χ3v) is 5.22. The van der Waals surface area contributed by atoms with Crippen molar-refractivity contribution in [3.8, 4) is 5.88 Å². The van der Waals surface area contributed by atoms with Crippen molar-refractivity contribution in [1.29, 1.82) is 0 Å². The van der Waals surface area contributed by atoms with Crippen molar-refractivity contribution in [2.75, 3.05) is 12.4 Å². The number of ether oxygens (including phenoxy) is 1. The van der Waals surface area contributed by atoms with E-state index in [9.17, 15) is 13.2 Å². The fraction of sp³-hybridized carbons (Fsp3) is 0.286. The van der Waals surface area contributed by atoms with Gasteiger partial charge in [-0.25, -0.2) is 8.42 Å². The van der Waals surface area contributed by atoms with Gasteiger partial charge in [0.05, 0.1) is 16.7 Å². The molecule has 1 aromatic carbocycles. The molecule has 1 aliphatic heterocycles. The number of amides is 1. The van der Waals surface area contributed by atoms with Crippen LogP contribution < -0.4 is 10.1 Å². The molecule has 8 heteroatoms. The molecule has 2 aromatic rings. The summed E-state index contributed by atoms with van der Waals surface area (Å²) in [6.45, 7) is -0.210. The predicted molar refractivity (Wildman–Crippen MR) is 76.0 cm³/mol. The first kappa shape index (κ1) is 14.6. The van der Waals surface area contributed by atoms with E-state index in [1.807, 2.05) is 0 Å². The standard InChI is InChI=1S/C14H14N2O5S/c17-13(9-20-14-5-7-21-16-14)15-11-6-8-22(18,19)12-4-2-1-3-10(11)12/h1-5,7,11H,6,8-9H2,(H,15,17). The number of hydrogen-bond acceptors (Lipinski definition) is 6. The van der Waals surface area contributed by atoms with Crippen LogP contribution in [0.15, 0.2) is 46.0 Å². The summed E-state index contributed by atoms with van der Waals surface area (Å²) in [7, 11) is -3.26. The Labute approximate surface area is 127 Å². The molecule has 1 amide bonds. The Balaban J connectivity index is 1.69. The van der Waals surface area contributed by atoms with Crippen LogP contribution in [-0.4, -0.2) is 31.8 Å². The molecule has 3 rings (SSSR count). The van der Waals surface area contributed by atoms with Gasteiger partial charge in [0.25, 0.3) is 11.8 Å². The summed E-state index contributed by atoms with van der Waals surface area (Å²) in [6.07, 6.45) is 1.69. The lowest BCUT2D eigenvalue weighted by molar-refractivity contribution is -0.124. The van der Waals surface area contributed by atoms with E-state index in [1.54, 1.807) is 24.3 Å². The maximum absolute atomic E-state index is 12.0. The van der Waals surface area contributed by atoms with Crippen LogP contribution >= 0.6 is 0 Å². The molecule has 0 fully saturated rings. The van der Waals surface area contributed by atoms with Crippen LogP contribution in [0.25, 0.3) is 0 Å². The van der Waals surface area contributed by atoms with Gasteiger partial charge >= 0.3 is 0 Å². The van der Waals surface area contributed by atoms with E-state index in [2.05, 4.69) is 15.0 Å². The Morgan fingerprint density at radius 3 is 2.95 bits per heavy atom. The normalized spacial score (nSPS) is 19.2. The number of hydrogen-bond donors (Lipinski definition) is 1. The van der Waals surface area contributed by atoms with Gasteiger partial charge in [0.2, 0.25) is 0 Å². The maximum Gasteiger partial charge on any atom is 0.258 e. The highest BCUT2D eigenvalue weighted by atomic mass is 32.2. The van der Waals surface area contributed by atoms with Crippen LogP contribution in [0, 0.1) is 0 Å². The zero-order valence-corrected chi connectivity index (χ0v) is 12.4. The highest BCUT2D eigenvalue weighted by Crippen LogP contribution is 2.31. The molecule has 116 valence electrons. The molecule has 0 saturated carbocycles. The number of aromatic nitrogens is 1. The Morgan fingerprint density at radius 2 is 2.18 bits per heavy atom. The number of fused-ring (bicyclic) bond motifs is 1. The average molecular weight is 322 g/mol. The van der Waals surface area contributed by atoms with E-state index in [0.717, 1.165) is 0 Å². The van der Waals surface area contributed by atoms with Gasteiger partial charge < -0.3 is 14.6 Å². The van der Waals surface area contributed by atoms with Crippen LogP contribution in [0.4, 0.5) is 0 Å². The number of nitrogens with one attached hydrogen (secondary N) is 1. The smallest absolute Gasteiger partial charge is 0.258 e. The van der Waals surface area contributed by atoms with Gasteiger partial charge in [-0.05, 0) is 23.2 Å². The Hall–Kier alpha value is -2.35. The lowest BCUT2D eigenvalue weighted by Gasteiger charge is -2.26. The van der Waals surface area contributed by atoms with Crippen molar-refractivity contribution in [2.45, 2.75) is 17.4 Å². The summed E-state index contributed by atoms with van der Waals surface area (Å²) in [4.78, 5) is 12.2. The lowest BCUT2D eigenvalue weighted by atomic mass is 10.0. The fourth-order valence-corrected chi connectivity index (χ4v) is 4.01. The highest BCUT2D eigenvalue weighted by Gasteiger charge is 2.30. The predicted octanol–water partition coefficient (Wildman–Crippen LogP) is 1.09. The second-order valence-electron chi connectivity index (χ2n) is 4.89. The monoisotopic (exact) mass is 322 g/mol. The van der Waals surface area contributed by atoms with Crippen LogP contribution in [-0.2, 0) is 14.6 Å². The minimum atomic E-state index is -3.26. The molecule has 1 N–H and O–H groups in total. The van der Waals surface area contributed by atoms with E-state index in [-0.39, 0.29) is 35.1 Å². The molecular weight excluding hydrogens is 308 g/mol. The molecule has 0 radical (unpaired) electrons. The van der Waals surface area contributed by atoms with Crippen molar-refractivity contribution < 1.29 is 22.5 Å². The Morgan fingerprint density at radius 1 is 1.36 bits per heavy atom. The first-order valence-corrected chi connectivity index (χ1v) is 8.36. The highest BCUT2D eigenvalue weighted by molar-refractivity contribution is 7.91. The van der Waals surface area contributed by atoms with E-state index >= 15 is 0 Å². The van der Waals surface area contributed by atoms with Gasteiger partial charge in [-0.3, -0.25) is 4.79 Å². The van der Waals surface area contributed by atoms with Crippen molar-refractivity contribution in [3.05, 3.63) is 42.2 Å². The second kappa shape index (κ2) is 5.80. The van der Waals surface area contributed by atoms with E-state index in [4.69, 9.17) is 4.74 Å². The zero-order valence-electron chi connectivity index (χ0n) is 11.6. The van der Waals surface area contributed by atoms with Crippen molar-refractivity contribution >= 4 is 15.7 Å². The molecule has 1 aromatic heterocycles. The summed E-state index contributed by atoms with van der Waals surface area (Å²) in [5, 5.41) is 6.32. The SMILES string of the molecule is O=C(COc1ccon1)NC1CCS(=O)(=O)c2ccccc21. The van der Waals surface area contributed by atoms with Crippen LogP contribution in [0.2, 0.25) is 0 Å². The summed E-state index contributed by atoms with van der Waals surface area (Å²) in [6, 6.07) is 7.87. The average Bonchev–Trinajstić information content (AvgIpc) is 3.02. The number of rotatable bonds is 4. The van der Waals surface area contributed by atoms with Gasteiger partial charge in [0.15, 0.2) is 16.4 Å². The largest absolute Gasteiger partial charge is 0.465 e. The number of benzene rings is 1. The molecule has 0 saturated heterocycles. The topological polar surface area (TPSA) is 98.5 Å². The van der Waals surface area contributed by atoms with Crippen molar-refractivity contribution in [3.63, 3.8) is 0 Å². The van der Waals surface area contributed by atoms with Crippen LogP contribution in [0.5, 0.6) is 5.88 Å². The fourth-order valence-electron chi connectivity index (χ4n) is 2.39. The first-order valence-electron chi connectivity index (χ1n) is 6.70. The summed E-state index contributed by atoms with van der Waals surface area (Å²) in [5.74, 6) is -0.108. The van der Waals surface area contributed by atoms with E-state index < -0.39 is 9.84 Å². The minimum Gasteiger partial charge on any atom is -0.465 e. The number of sulfone groups is 1. The molecule has 1 aliphatic rings. The molecule has 1 unspecified atom stereocenters. The lowest BCUT2D eigenvalue weighted by Crippen LogP contribution is -2.36. The quantitative estimate of drug-likeness (QED) is 0.904. The first-order chi connectivity index (χ1) is 10.6. The maximum atomic E-state index is 12.0. The molecular formula is C14H14N2O5S. The van der Waals surface area contributed by atoms with Crippen LogP contribution in [0.3, 0.4) is 0 Å². The number of nitrogens with zero attached hydrogens (tertiary/aromatic N) is 1. The minimum absolute atomic E-state index is 0.0130. The summed E-state index contributed by atoms with van der Waals surface area (Å²) in [5.41, 5.74) is 0.614. The van der Waals surface area contributed by atoms with Crippen LogP contribution in [0.1, 0.15) is 18.0 Å². The summed E-state index contributed by atoms with van der Waals surface area (Å²) < 4.78 is 33.8. The van der Waals surface area contributed by atoms with Crippen molar-refractivity contribution in [1.82, 2.24) is 10.5 Å². The van der Waals surface area contributed by atoms with Gasteiger partial charge in [0, 0.05) is 6.07 Å². The number of carbonyl (C=O) groups excluding carboxylic acids is 1. The molecule has 1 atom stereocenters. The molecule has 22 heavy (non-hydrogen) atoms. The molecule has 7 nitrogen and oxygen atoms in total. The molecule has 0 spiro atoms. The molecule has 0 bridgehead atoms. The Kier molecular flexibility index (Phi) is 3.84. The van der Waals surface area contributed by atoms with E-state index in [1.165, 1.54) is 12.3 Å². The number of carbonyl (C=O) groups is 1. The third-order valence-electron chi connectivity index (χ3n) is 3.41. The summed E-state index contributed by atoms with van der Waals surface area (Å²) >= 11 is 0. The third kappa shape index (κ3) is 2.96. The van der Waals surface area contributed by atoms with Gasteiger partial charge in [-0.1, -0.05) is 18.2 Å². The van der Waals surface area contributed by atoms with Crippen molar-refractivity contribution in [2.24, 2.45) is 0 Å². The molecule has 2 heterocycles. The second-order valence-corrected chi connectivity index (χ2v) is 6.97. The van der Waals surface area contributed by atoms with Gasteiger partial charge in [0.1, 0.15) is 6.26 Å².